The molecule has 0 bridgehead atoms. The van der Waals surface area contributed by atoms with E-state index in [2.05, 4.69) is 10.4 Å². The molecule has 0 saturated heterocycles. The van der Waals surface area contributed by atoms with Crippen molar-refractivity contribution in [3.05, 3.63) is 35.6 Å². The number of rotatable bonds is 1. The predicted molar refractivity (Wildman–Crippen MR) is 70.0 cm³/mol. The lowest BCUT2D eigenvalue weighted by Crippen LogP contribution is -2.04. The van der Waals surface area contributed by atoms with Gasteiger partial charge in [0.2, 0.25) is 0 Å². The second kappa shape index (κ2) is 4.44. The highest BCUT2D eigenvalue weighted by Crippen LogP contribution is 2.31. The molecule has 0 unspecified atom stereocenters. The number of nitrogens with zero attached hydrogens (tertiary/aromatic N) is 2. The van der Waals surface area contributed by atoms with Crippen molar-refractivity contribution in [3.8, 4) is 11.3 Å². The van der Waals surface area contributed by atoms with Gasteiger partial charge >= 0.3 is 0 Å². The smallest absolute Gasteiger partial charge is 0.127 e. The molecule has 3 nitrogen and oxygen atoms in total. The van der Waals surface area contributed by atoms with Crippen LogP contribution in [0.25, 0.3) is 11.3 Å². The van der Waals surface area contributed by atoms with Crippen LogP contribution in [0.3, 0.4) is 0 Å². The topological polar surface area (TPSA) is 29.9 Å². The zero-order chi connectivity index (χ0) is 12.5. The van der Waals surface area contributed by atoms with Crippen LogP contribution in [0.1, 0.15) is 18.4 Å². The van der Waals surface area contributed by atoms with Crippen molar-refractivity contribution in [1.29, 1.82) is 0 Å². The molecule has 0 amide bonds. The molecule has 0 atom stereocenters. The number of hydrogen-bond acceptors (Lipinski definition) is 2. The van der Waals surface area contributed by atoms with E-state index in [4.69, 9.17) is 0 Å². The second-order valence-corrected chi connectivity index (χ2v) is 4.69. The average Bonchev–Trinajstić information content (AvgIpc) is 2.55. The van der Waals surface area contributed by atoms with Gasteiger partial charge in [0.1, 0.15) is 11.6 Å². The quantitative estimate of drug-likeness (QED) is 0.837. The fourth-order valence-corrected chi connectivity index (χ4v) is 2.53. The Labute approximate surface area is 106 Å². The van der Waals surface area contributed by atoms with Crippen LogP contribution in [0, 0.1) is 5.82 Å². The molecule has 0 aliphatic carbocycles. The first-order valence-electron chi connectivity index (χ1n) is 6.31. The molecular weight excluding hydrogens is 229 g/mol. The Balaban J connectivity index is 2.12. The standard InChI is InChI=1S/C14H16FN3/c1-18-14-12(7-2-3-8-16-14)13(17-18)10-5-4-6-11(15)9-10/h4-6,9,16H,2-3,7-8H2,1H3. The van der Waals surface area contributed by atoms with Crippen LogP contribution in [0.4, 0.5) is 10.2 Å². The number of anilines is 1. The summed E-state index contributed by atoms with van der Waals surface area (Å²) in [6.45, 7) is 0.981. The van der Waals surface area contributed by atoms with Gasteiger partial charge in [-0.15, -0.1) is 0 Å². The summed E-state index contributed by atoms with van der Waals surface area (Å²) in [6, 6.07) is 6.66. The number of halogens is 1. The molecule has 1 aromatic heterocycles. The number of benzene rings is 1. The highest BCUT2D eigenvalue weighted by Gasteiger charge is 2.19. The zero-order valence-electron chi connectivity index (χ0n) is 10.4. The van der Waals surface area contributed by atoms with E-state index in [0.29, 0.717) is 0 Å². The molecule has 3 rings (SSSR count). The van der Waals surface area contributed by atoms with Crippen LogP contribution in [0.2, 0.25) is 0 Å². The van der Waals surface area contributed by atoms with Gasteiger partial charge in [-0.3, -0.25) is 4.68 Å². The first-order valence-corrected chi connectivity index (χ1v) is 6.31. The van der Waals surface area contributed by atoms with Crippen molar-refractivity contribution in [2.75, 3.05) is 11.9 Å². The van der Waals surface area contributed by atoms with Gasteiger partial charge in [-0.1, -0.05) is 12.1 Å². The van der Waals surface area contributed by atoms with E-state index in [1.807, 2.05) is 17.8 Å². The molecular formula is C14H16FN3. The Bertz CT molecular complexity index is 574. The van der Waals surface area contributed by atoms with Gasteiger partial charge in [-0.2, -0.15) is 5.10 Å². The summed E-state index contributed by atoms with van der Waals surface area (Å²) in [5.74, 6) is 0.861. The molecule has 0 fully saturated rings. The minimum Gasteiger partial charge on any atom is -0.370 e. The summed E-state index contributed by atoms with van der Waals surface area (Å²) in [5, 5.41) is 7.94. The SMILES string of the molecule is Cn1nc(-c2cccc(F)c2)c2c1NCCCC2. The average molecular weight is 245 g/mol. The summed E-state index contributed by atoms with van der Waals surface area (Å²) >= 11 is 0. The summed E-state index contributed by atoms with van der Waals surface area (Å²) in [5.41, 5.74) is 2.97. The molecule has 94 valence electrons. The van der Waals surface area contributed by atoms with E-state index in [1.54, 1.807) is 12.1 Å². The summed E-state index contributed by atoms with van der Waals surface area (Å²) < 4.78 is 15.2. The van der Waals surface area contributed by atoms with Crippen LogP contribution >= 0.6 is 0 Å². The maximum atomic E-state index is 13.3. The van der Waals surface area contributed by atoms with Gasteiger partial charge in [-0.25, -0.2) is 4.39 Å². The minimum atomic E-state index is -0.214. The molecule has 0 radical (unpaired) electrons. The van der Waals surface area contributed by atoms with Crippen LogP contribution < -0.4 is 5.32 Å². The molecule has 1 aliphatic heterocycles. The zero-order valence-corrected chi connectivity index (χ0v) is 10.4. The van der Waals surface area contributed by atoms with E-state index in [9.17, 15) is 4.39 Å². The minimum absolute atomic E-state index is 0.214. The number of aromatic nitrogens is 2. The molecule has 18 heavy (non-hydrogen) atoms. The summed E-state index contributed by atoms with van der Waals surface area (Å²) in [7, 11) is 1.93. The van der Waals surface area contributed by atoms with Crippen molar-refractivity contribution in [1.82, 2.24) is 9.78 Å². The summed E-state index contributed by atoms with van der Waals surface area (Å²) in [6.07, 6.45) is 3.31. The van der Waals surface area contributed by atoms with Crippen molar-refractivity contribution in [2.24, 2.45) is 7.05 Å². The van der Waals surface area contributed by atoms with Gasteiger partial charge < -0.3 is 5.32 Å². The Kier molecular flexibility index (Phi) is 2.78. The molecule has 1 N–H and O–H groups in total. The normalized spacial score (nSPS) is 14.8. The highest BCUT2D eigenvalue weighted by atomic mass is 19.1. The Hall–Kier alpha value is -1.84. The lowest BCUT2D eigenvalue weighted by atomic mass is 10.0. The Morgan fingerprint density at radius 2 is 2.22 bits per heavy atom. The number of fused-ring (bicyclic) bond motifs is 1. The molecule has 1 aromatic carbocycles. The van der Waals surface area contributed by atoms with Crippen molar-refractivity contribution < 1.29 is 4.39 Å². The fourth-order valence-electron chi connectivity index (χ4n) is 2.53. The van der Waals surface area contributed by atoms with Crippen LogP contribution in [-0.2, 0) is 13.5 Å². The first-order chi connectivity index (χ1) is 8.75. The lowest BCUT2D eigenvalue weighted by molar-refractivity contribution is 0.628. The maximum absolute atomic E-state index is 13.3. The van der Waals surface area contributed by atoms with Crippen molar-refractivity contribution in [2.45, 2.75) is 19.3 Å². The monoisotopic (exact) mass is 245 g/mol. The van der Waals surface area contributed by atoms with E-state index in [0.717, 1.165) is 42.9 Å². The van der Waals surface area contributed by atoms with E-state index < -0.39 is 0 Å². The van der Waals surface area contributed by atoms with Gasteiger partial charge in [0.15, 0.2) is 0 Å². The van der Waals surface area contributed by atoms with Crippen LogP contribution in [0.15, 0.2) is 24.3 Å². The van der Waals surface area contributed by atoms with Gasteiger partial charge in [0, 0.05) is 24.7 Å². The molecule has 0 saturated carbocycles. The van der Waals surface area contributed by atoms with Gasteiger partial charge in [0.05, 0.1) is 5.69 Å². The van der Waals surface area contributed by atoms with Gasteiger partial charge in [0.25, 0.3) is 0 Å². The molecule has 0 spiro atoms. The Morgan fingerprint density at radius 3 is 3.06 bits per heavy atom. The van der Waals surface area contributed by atoms with E-state index in [1.165, 1.54) is 11.6 Å². The van der Waals surface area contributed by atoms with Crippen LogP contribution in [0.5, 0.6) is 0 Å². The number of aryl methyl sites for hydroxylation is 1. The predicted octanol–water partition coefficient (Wildman–Crippen LogP) is 2.97. The Morgan fingerprint density at radius 1 is 1.33 bits per heavy atom. The van der Waals surface area contributed by atoms with Gasteiger partial charge in [-0.05, 0) is 31.4 Å². The molecule has 4 heteroatoms. The molecule has 1 aliphatic rings. The number of nitrogens with one attached hydrogen (secondary N) is 1. The van der Waals surface area contributed by atoms with Crippen molar-refractivity contribution >= 4 is 5.82 Å². The number of hydrogen-bond donors (Lipinski definition) is 1. The van der Waals surface area contributed by atoms with E-state index in [-0.39, 0.29) is 5.82 Å². The second-order valence-electron chi connectivity index (χ2n) is 4.69. The van der Waals surface area contributed by atoms with Crippen molar-refractivity contribution in [3.63, 3.8) is 0 Å². The third-order valence-corrected chi connectivity index (χ3v) is 3.39. The van der Waals surface area contributed by atoms with Crippen LogP contribution in [-0.4, -0.2) is 16.3 Å². The summed E-state index contributed by atoms with van der Waals surface area (Å²) in [4.78, 5) is 0. The largest absolute Gasteiger partial charge is 0.370 e. The third-order valence-electron chi connectivity index (χ3n) is 3.39. The first kappa shape index (κ1) is 11.3. The third kappa shape index (κ3) is 1.88. The van der Waals surface area contributed by atoms with E-state index >= 15 is 0 Å². The highest BCUT2D eigenvalue weighted by molar-refractivity contribution is 5.69. The molecule has 2 aromatic rings. The molecule has 2 heterocycles. The maximum Gasteiger partial charge on any atom is 0.127 e. The fraction of sp³-hybridized carbons (Fsp3) is 0.357. The lowest BCUT2D eigenvalue weighted by Gasteiger charge is -2.04.